The molecule has 1 aliphatic heterocycles. The van der Waals surface area contributed by atoms with Crippen LogP contribution in [-0.2, 0) is 15.0 Å². The summed E-state index contributed by atoms with van der Waals surface area (Å²) in [6, 6.07) is 0. The predicted molar refractivity (Wildman–Crippen MR) is 98.4 cm³/mol. The number of carbonyl (C=O) groups is 3. The first-order valence-corrected chi connectivity index (χ1v) is 8.71. The minimum Gasteiger partial charge on any atom is -0.507 e. The fourth-order valence-corrected chi connectivity index (χ4v) is 3.69. The molecule has 1 heterocycles. The third-order valence-corrected chi connectivity index (χ3v) is 5.26. The number of carbonyl (C=O) groups excluding carboxylic acids is 3. The second-order valence-corrected chi connectivity index (χ2v) is 7.04. The molecule has 3 rings (SSSR count). The third kappa shape index (κ3) is 2.45. The molecule has 0 saturated carbocycles. The molecule has 0 fully saturated rings. The van der Waals surface area contributed by atoms with E-state index in [0.29, 0.717) is 0 Å². The summed E-state index contributed by atoms with van der Waals surface area (Å²) in [5, 5.41) is 32.8. The Morgan fingerprint density at radius 3 is 2.43 bits per heavy atom. The van der Waals surface area contributed by atoms with Gasteiger partial charge in [-0.3, -0.25) is 14.4 Å². The molecule has 1 aromatic carbocycles. The lowest BCUT2D eigenvalue weighted by Gasteiger charge is -2.29. The minimum absolute atomic E-state index is 0.0148. The number of aliphatic hydroxyl groups is 1. The third-order valence-electron chi connectivity index (χ3n) is 5.26. The number of ketones is 3. The Balaban J connectivity index is 2.32. The molecule has 0 saturated heterocycles. The zero-order chi connectivity index (χ0) is 21.0. The first-order chi connectivity index (χ1) is 13.1. The summed E-state index contributed by atoms with van der Waals surface area (Å²) in [5.74, 6) is -2.63. The van der Waals surface area contributed by atoms with Crippen molar-refractivity contribution in [1.29, 1.82) is 0 Å². The molecule has 28 heavy (non-hydrogen) atoms. The van der Waals surface area contributed by atoms with Gasteiger partial charge in [-0.15, -0.1) is 0 Å². The lowest BCUT2D eigenvalue weighted by Crippen LogP contribution is -2.41. The summed E-state index contributed by atoms with van der Waals surface area (Å²) in [6.07, 6.45) is 1.15. The van der Waals surface area contributed by atoms with Crippen molar-refractivity contribution in [1.82, 2.24) is 5.32 Å². The number of phenols is 2. The monoisotopic (exact) mass is 387 g/mol. The highest BCUT2D eigenvalue weighted by molar-refractivity contribution is 6.31. The van der Waals surface area contributed by atoms with E-state index in [2.05, 4.69) is 5.32 Å². The van der Waals surface area contributed by atoms with Crippen LogP contribution in [0.1, 0.15) is 42.3 Å². The highest BCUT2D eigenvalue weighted by Gasteiger charge is 2.56. The normalized spacial score (nSPS) is 22.2. The lowest BCUT2D eigenvalue weighted by atomic mass is 9.70. The van der Waals surface area contributed by atoms with Crippen molar-refractivity contribution < 1.29 is 34.4 Å². The van der Waals surface area contributed by atoms with Gasteiger partial charge in [-0.05, 0) is 27.7 Å². The molecular formula is C20H21NO7. The molecule has 148 valence electrons. The number of benzene rings is 1. The predicted octanol–water partition coefficient (Wildman–Crippen LogP) is 1.15. The summed E-state index contributed by atoms with van der Waals surface area (Å²) >= 11 is 0. The van der Waals surface area contributed by atoms with Crippen molar-refractivity contribution in [3.8, 4) is 17.2 Å². The molecule has 0 bridgehead atoms. The molecule has 4 N–H and O–H groups in total. The molecule has 2 aliphatic rings. The molecule has 0 unspecified atom stereocenters. The SMILES string of the molecule is CC(=O)c1c(O)c(C)c(O)c2c1OC1=CC(=O)/C(=C(/C)NCCO)C(=O)[C@]12C. The minimum atomic E-state index is -1.53. The van der Waals surface area contributed by atoms with Gasteiger partial charge in [-0.1, -0.05) is 0 Å². The number of Topliss-reactive ketones (excluding diaryl/α,β-unsaturated/α-hetero) is 2. The van der Waals surface area contributed by atoms with E-state index in [9.17, 15) is 24.6 Å². The van der Waals surface area contributed by atoms with Crippen LogP contribution in [0, 0.1) is 6.92 Å². The number of aromatic hydroxyl groups is 2. The molecule has 1 aromatic rings. The number of nitrogens with one attached hydrogen (secondary N) is 1. The van der Waals surface area contributed by atoms with Gasteiger partial charge in [0.2, 0.25) is 0 Å². The van der Waals surface area contributed by atoms with Gasteiger partial charge < -0.3 is 25.4 Å². The molecule has 0 aromatic heterocycles. The van der Waals surface area contributed by atoms with Crippen LogP contribution in [0.2, 0.25) is 0 Å². The van der Waals surface area contributed by atoms with Crippen molar-refractivity contribution >= 4 is 17.3 Å². The largest absolute Gasteiger partial charge is 0.507 e. The fourth-order valence-electron chi connectivity index (χ4n) is 3.69. The number of allylic oxidation sites excluding steroid dienone is 4. The van der Waals surface area contributed by atoms with E-state index < -0.39 is 28.5 Å². The Labute approximate surface area is 161 Å². The smallest absolute Gasteiger partial charge is 0.194 e. The highest BCUT2D eigenvalue weighted by Crippen LogP contribution is 2.57. The van der Waals surface area contributed by atoms with E-state index >= 15 is 0 Å². The Morgan fingerprint density at radius 1 is 1.21 bits per heavy atom. The fraction of sp³-hybridized carbons (Fsp3) is 0.350. The first-order valence-electron chi connectivity index (χ1n) is 8.71. The van der Waals surface area contributed by atoms with E-state index in [1.807, 2.05) is 0 Å². The van der Waals surface area contributed by atoms with Crippen LogP contribution in [0.5, 0.6) is 17.2 Å². The van der Waals surface area contributed by atoms with Gasteiger partial charge in [-0.25, -0.2) is 0 Å². The van der Waals surface area contributed by atoms with Crippen LogP contribution in [0.4, 0.5) is 0 Å². The average molecular weight is 387 g/mol. The van der Waals surface area contributed by atoms with E-state index in [1.165, 1.54) is 20.8 Å². The van der Waals surface area contributed by atoms with Gasteiger partial charge in [0.05, 0.1) is 17.7 Å². The second-order valence-electron chi connectivity index (χ2n) is 7.04. The summed E-state index contributed by atoms with van der Waals surface area (Å²) in [5.41, 5.74) is -1.43. The number of fused-ring (bicyclic) bond motifs is 3. The van der Waals surface area contributed by atoms with Gasteiger partial charge in [0.25, 0.3) is 0 Å². The summed E-state index contributed by atoms with van der Waals surface area (Å²) in [6.45, 7) is 5.67. The second kappa shape index (κ2) is 6.49. The van der Waals surface area contributed by atoms with E-state index in [0.717, 1.165) is 6.08 Å². The van der Waals surface area contributed by atoms with Crippen molar-refractivity contribution in [3.63, 3.8) is 0 Å². The molecule has 1 aliphatic carbocycles. The van der Waals surface area contributed by atoms with Crippen molar-refractivity contribution in [2.75, 3.05) is 13.2 Å². The summed E-state index contributed by atoms with van der Waals surface area (Å²) in [4.78, 5) is 38.0. The first kappa shape index (κ1) is 19.6. The molecular weight excluding hydrogens is 366 g/mol. The topological polar surface area (TPSA) is 133 Å². The van der Waals surface area contributed by atoms with Gasteiger partial charge in [0.15, 0.2) is 17.3 Å². The Hall–Kier alpha value is -3.13. The Kier molecular flexibility index (Phi) is 4.55. The number of phenolic OH excluding ortho intramolecular Hbond substituents is 2. The molecule has 8 heteroatoms. The van der Waals surface area contributed by atoms with Gasteiger partial charge in [0.1, 0.15) is 34.0 Å². The molecule has 0 spiro atoms. The van der Waals surface area contributed by atoms with E-state index in [-0.39, 0.29) is 58.4 Å². The van der Waals surface area contributed by atoms with Gasteiger partial charge in [-0.2, -0.15) is 0 Å². The number of aliphatic hydroxyl groups excluding tert-OH is 1. The van der Waals surface area contributed by atoms with Crippen molar-refractivity contribution in [2.24, 2.45) is 0 Å². The quantitative estimate of drug-likeness (QED) is 0.344. The van der Waals surface area contributed by atoms with Gasteiger partial charge in [0, 0.05) is 23.9 Å². The number of rotatable bonds is 4. The number of hydrogen-bond acceptors (Lipinski definition) is 8. The molecule has 1 atom stereocenters. The summed E-state index contributed by atoms with van der Waals surface area (Å²) in [7, 11) is 0. The van der Waals surface area contributed by atoms with E-state index in [1.54, 1.807) is 6.92 Å². The van der Waals surface area contributed by atoms with E-state index in [4.69, 9.17) is 9.84 Å². The van der Waals surface area contributed by atoms with Crippen LogP contribution >= 0.6 is 0 Å². The van der Waals surface area contributed by atoms with Crippen LogP contribution in [0.25, 0.3) is 0 Å². The van der Waals surface area contributed by atoms with Crippen LogP contribution < -0.4 is 10.1 Å². The van der Waals surface area contributed by atoms with Crippen molar-refractivity contribution in [2.45, 2.75) is 33.1 Å². The maximum Gasteiger partial charge on any atom is 0.194 e. The van der Waals surface area contributed by atoms with Crippen LogP contribution in [0.15, 0.2) is 23.1 Å². The van der Waals surface area contributed by atoms with Crippen molar-refractivity contribution in [3.05, 3.63) is 39.8 Å². The Bertz CT molecular complexity index is 1000. The zero-order valence-electron chi connectivity index (χ0n) is 16.0. The summed E-state index contributed by atoms with van der Waals surface area (Å²) < 4.78 is 5.67. The lowest BCUT2D eigenvalue weighted by molar-refractivity contribution is -0.123. The number of hydrogen-bond donors (Lipinski definition) is 4. The van der Waals surface area contributed by atoms with Gasteiger partial charge >= 0.3 is 0 Å². The maximum absolute atomic E-state index is 13.4. The standard InChI is InChI=1S/C20H21NO7/c1-8-16(25)14(10(3)23)18-15(17(8)26)20(4)12(28-18)7-11(24)13(19(20)27)9(2)21-5-6-22/h7,21-22,25-26H,5-6H2,1-4H3/b13-9+/t20-/m1/s1. The molecule has 0 amide bonds. The molecule has 0 radical (unpaired) electrons. The average Bonchev–Trinajstić information content (AvgIpc) is 2.91. The number of ether oxygens (including phenoxy) is 1. The molecule has 8 nitrogen and oxygen atoms in total. The van der Waals surface area contributed by atoms with Crippen LogP contribution in [-0.4, -0.2) is 45.8 Å². The highest BCUT2D eigenvalue weighted by atomic mass is 16.5. The van der Waals surface area contributed by atoms with Crippen LogP contribution in [0.3, 0.4) is 0 Å². The maximum atomic E-state index is 13.4. The zero-order valence-corrected chi connectivity index (χ0v) is 16.0. The Morgan fingerprint density at radius 2 is 1.86 bits per heavy atom.